The molecule has 2 aromatic heterocycles. The summed E-state index contributed by atoms with van der Waals surface area (Å²) in [4.78, 5) is 26.9. The number of halogens is 2. The molecule has 1 saturated carbocycles. The van der Waals surface area contributed by atoms with Gasteiger partial charge >= 0.3 is 6.09 Å². The van der Waals surface area contributed by atoms with Crippen molar-refractivity contribution in [2.75, 3.05) is 50.8 Å². The minimum Gasteiger partial charge on any atom is -0.450 e. The number of nitrogens with zero attached hydrogens (tertiary/aromatic N) is 5. The second-order valence-electron chi connectivity index (χ2n) is 9.36. The molecule has 2 aromatic rings. The highest BCUT2D eigenvalue weighted by Gasteiger charge is 2.51. The molecule has 3 fully saturated rings. The molecule has 0 bridgehead atoms. The Hall–Kier alpha value is -2.81. The number of rotatable bonds is 4. The monoisotopic (exact) mass is 457 g/mol. The molecule has 176 valence electrons. The lowest BCUT2D eigenvalue weighted by Gasteiger charge is -2.48. The molecular weight excluding hydrogens is 428 g/mol. The van der Waals surface area contributed by atoms with E-state index in [9.17, 15) is 13.6 Å². The maximum Gasteiger partial charge on any atom is 0.409 e. The molecule has 4 heterocycles. The Morgan fingerprint density at radius 1 is 1.12 bits per heavy atom. The Balaban J connectivity index is 1.20. The van der Waals surface area contributed by atoms with Gasteiger partial charge in [-0.15, -0.1) is 0 Å². The number of hydrogen-bond donors (Lipinski definition) is 0. The van der Waals surface area contributed by atoms with Gasteiger partial charge in [0.15, 0.2) is 0 Å². The molecule has 5 rings (SSSR count). The van der Waals surface area contributed by atoms with E-state index in [-0.39, 0.29) is 11.5 Å². The van der Waals surface area contributed by atoms with Gasteiger partial charge in [0, 0.05) is 56.3 Å². The number of hydrogen-bond acceptors (Lipinski definition) is 6. The zero-order valence-electron chi connectivity index (χ0n) is 18.8. The number of amides is 1. The van der Waals surface area contributed by atoms with Crippen molar-refractivity contribution in [3.8, 4) is 11.3 Å². The first-order chi connectivity index (χ1) is 16.0. The fraction of sp³-hybridized carbons (Fsp3) is 0.542. The van der Waals surface area contributed by atoms with Gasteiger partial charge in [-0.05, 0) is 44.4 Å². The third-order valence-electron chi connectivity index (χ3n) is 7.22. The zero-order chi connectivity index (χ0) is 23.0. The highest BCUT2D eigenvalue weighted by molar-refractivity contribution is 5.73. The van der Waals surface area contributed by atoms with Crippen molar-refractivity contribution in [3.63, 3.8) is 0 Å². The quantitative estimate of drug-likeness (QED) is 0.700. The van der Waals surface area contributed by atoms with E-state index in [2.05, 4.69) is 19.8 Å². The maximum atomic E-state index is 14.0. The van der Waals surface area contributed by atoms with Crippen molar-refractivity contribution >= 4 is 11.9 Å². The summed E-state index contributed by atoms with van der Waals surface area (Å²) in [6.45, 7) is 7.22. The van der Waals surface area contributed by atoms with E-state index in [0.29, 0.717) is 29.7 Å². The van der Waals surface area contributed by atoms with Gasteiger partial charge in [-0.25, -0.2) is 18.6 Å². The summed E-state index contributed by atoms with van der Waals surface area (Å²) < 4.78 is 32.4. The van der Waals surface area contributed by atoms with Crippen molar-refractivity contribution in [2.24, 2.45) is 5.41 Å². The molecule has 1 atom stereocenters. The first-order valence-electron chi connectivity index (χ1n) is 11.6. The standard InChI is InChI=1S/C24H29F2N5O2/c1-2-33-23(32)31-15-24(16-31)6-5-19(12-24)29-7-9-30(10-8-29)22-20(11-18(26)14-28-22)21-4-3-17(25)13-27-21/h3-4,11,13-14,19H,2,5-10,12,15-16H2,1H3/t19-/m1/s1. The van der Waals surface area contributed by atoms with Crippen molar-refractivity contribution in [1.29, 1.82) is 0 Å². The van der Waals surface area contributed by atoms with E-state index in [1.54, 1.807) is 6.07 Å². The molecule has 0 unspecified atom stereocenters. The van der Waals surface area contributed by atoms with Crippen LogP contribution in [0.2, 0.25) is 0 Å². The summed E-state index contributed by atoms with van der Waals surface area (Å²) in [5, 5.41) is 0. The van der Waals surface area contributed by atoms with Crippen molar-refractivity contribution in [3.05, 3.63) is 42.2 Å². The van der Waals surface area contributed by atoms with Gasteiger partial charge in [0.05, 0.1) is 24.7 Å². The smallest absolute Gasteiger partial charge is 0.409 e. The zero-order valence-corrected chi connectivity index (χ0v) is 18.8. The summed E-state index contributed by atoms with van der Waals surface area (Å²) in [5.41, 5.74) is 1.33. The van der Waals surface area contributed by atoms with Crippen LogP contribution in [0.5, 0.6) is 0 Å². The van der Waals surface area contributed by atoms with Crippen molar-refractivity contribution in [2.45, 2.75) is 32.2 Å². The van der Waals surface area contributed by atoms with E-state index >= 15 is 0 Å². The number of likely N-dealkylation sites (tertiary alicyclic amines) is 1. The molecule has 1 spiro atoms. The highest BCUT2D eigenvalue weighted by atomic mass is 19.1. The topological polar surface area (TPSA) is 61.8 Å². The average molecular weight is 458 g/mol. The van der Waals surface area contributed by atoms with Gasteiger partial charge in [-0.1, -0.05) is 0 Å². The predicted octanol–water partition coefficient (Wildman–Crippen LogP) is 3.55. The van der Waals surface area contributed by atoms with Gasteiger partial charge in [0.1, 0.15) is 17.5 Å². The normalized spacial score (nSPS) is 22.5. The predicted molar refractivity (Wildman–Crippen MR) is 120 cm³/mol. The van der Waals surface area contributed by atoms with Crippen LogP contribution in [0.15, 0.2) is 30.6 Å². The van der Waals surface area contributed by atoms with Crippen LogP contribution in [0.1, 0.15) is 26.2 Å². The molecule has 0 N–H and O–H groups in total. The Bertz CT molecular complexity index is 1000. The Labute approximate surface area is 192 Å². The van der Waals surface area contributed by atoms with Crippen LogP contribution in [0.3, 0.4) is 0 Å². The first-order valence-corrected chi connectivity index (χ1v) is 11.6. The third-order valence-corrected chi connectivity index (χ3v) is 7.22. The Kier molecular flexibility index (Phi) is 5.90. The van der Waals surface area contributed by atoms with Crippen LogP contribution in [-0.4, -0.2) is 77.8 Å². The number of ether oxygens (including phenoxy) is 1. The highest BCUT2D eigenvalue weighted by Crippen LogP contribution is 2.47. The number of carbonyl (C=O) groups excluding carboxylic acids is 1. The van der Waals surface area contributed by atoms with Gasteiger partial charge in [0.25, 0.3) is 0 Å². The first kappa shape index (κ1) is 22.0. The molecule has 33 heavy (non-hydrogen) atoms. The van der Waals surface area contributed by atoms with Crippen LogP contribution in [0.4, 0.5) is 19.4 Å². The second kappa shape index (κ2) is 8.85. The van der Waals surface area contributed by atoms with E-state index in [4.69, 9.17) is 4.74 Å². The Morgan fingerprint density at radius 3 is 2.58 bits per heavy atom. The second-order valence-corrected chi connectivity index (χ2v) is 9.36. The van der Waals surface area contributed by atoms with Gasteiger partial charge < -0.3 is 14.5 Å². The molecule has 2 saturated heterocycles. The molecule has 9 heteroatoms. The summed E-state index contributed by atoms with van der Waals surface area (Å²) in [6, 6.07) is 4.83. The Morgan fingerprint density at radius 2 is 1.88 bits per heavy atom. The van der Waals surface area contributed by atoms with E-state index in [1.165, 1.54) is 18.3 Å². The third kappa shape index (κ3) is 4.38. The van der Waals surface area contributed by atoms with Gasteiger partial charge in [-0.3, -0.25) is 9.88 Å². The average Bonchev–Trinajstić information content (AvgIpc) is 3.25. The number of pyridine rings is 2. The number of anilines is 1. The summed E-state index contributed by atoms with van der Waals surface area (Å²) in [6.07, 6.45) is 5.58. The molecule has 7 nitrogen and oxygen atoms in total. The number of aromatic nitrogens is 2. The van der Waals surface area contributed by atoms with Crippen LogP contribution < -0.4 is 4.90 Å². The van der Waals surface area contributed by atoms with Crippen LogP contribution in [0.25, 0.3) is 11.3 Å². The fourth-order valence-corrected chi connectivity index (χ4v) is 5.59. The van der Waals surface area contributed by atoms with E-state index < -0.39 is 11.6 Å². The maximum absolute atomic E-state index is 14.0. The summed E-state index contributed by atoms with van der Waals surface area (Å²) in [7, 11) is 0. The molecule has 2 aliphatic heterocycles. The fourth-order valence-electron chi connectivity index (χ4n) is 5.59. The van der Waals surface area contributed by atoms with Gasteiger partial charge in [-0.2, -0.15) is 0 Å². The molecule has 1 aliphatic carbocycles. The minimum absolute atomic E-state index is 0.196. The summed E-state index contributed by atoms with van der Waals surface area (Å²) >= 11 is 0. The molecule has 0 aromatic carbocycles. The van der Waals surface area contributed by atoms with Crippen LogP contribution >= 0.6 is 0 Å². The lowest BCUT2D eigenvalue weighted by Crippen LogP contribution is -2.58. The van der Waals surface area contributed by atoms with E-state index in [1.807, 2.05) is 11.8 Å². The molecular formula is C24H29F2N5O2. The SMILES string of the molecule is CCOC(=O)N1CC2(CC[C@@H](N3CCN(c4ncc(F)cc4-c4ccc(F)cn4)CC3)C2)C1. The lowest BCUT2D eigenvalue weighted by atomic mass is 9.78. The number of piperazine rings is 1. The lowest BCUT2D eigenvalue weighted by molar-refractivity contribution is -0.00294. The van der Waals surface area contributed by atoms with Crippen molar-refractivity contribution < 1.29 is 18.3 Å². The molecule has 3 aliphatic rings. The van der Waals surface area contributed by atoms with Gasteiger partial charge in [0.2, 0.25) is 0 Å². The molecule has 0 radical (unpaired) electrons. The minimum atomic E-state index is -0.438. The van der Waals surface area contributed by atoms with Crippen molar-refractivity contribution in [1.82, 2.24) is 19.8 Å². The van der Waals surface area contributed by atoms with Crippen LogP contribution in [0, 0.1) is 17.0 Å². The van der Waals surface area contributed by atoms with E-state index in [0.717, 1.165) is 64.7 Å². The summed E-state index contributed by atoms with van der Waals surface area (Å²) in [5.74, 6) is -0.182. The molecule has 1 amide bonds. The number of carbonyl (C=O) groups is 1. The largest absolute Gasteiger partial charge is 0.450 e. The van der Waals surface area contributed by atoms with Crippen LogP contribution in [-0.2, 0) is 4.74 Å².